The molecule has 0 aliphatic carbocycles. The summed E-state index contributed by atoms with van der Waals surface area (Å²) < 4.78 is 2.13. The van der Waals surface area contributed by atoms with Gasteiger partial charge in [0.15, 0.2) is 0 Å². The van der Waals surface area contributed by atoms with Gasteiger partial charge in [-0.25, -0.2) is 0 Å². The van der Waals surface area contributed by atoms with Crippen LogP contribution in [0.25, 0.3) is 0 Å². The lowest BCUT2D eigenvalue weighted by atomic mass is 10.1. The standard InChI is InChI=1S/C8H2I4O4/c9-3-1(7(13)14)2(8(15)16)4(10)6(12)5(3)11/h(H,13,14)(H,15,16)/p-2. The second-order valence-corrected chi connectivity index (χ2v) is 6.90. The third kappa shape index (κ3) is 2.73. The minimum Gasteiger partial charge on any atom is -0.545 e. The average molecular weight is 668 g/mol. The monoisotopic (exact) mass is 668 g/mol. The highest BCUT2D eigenvalue weighted by atomic mass is 127. The molecule has 0 heterocycles. The van der Waals surface area contributed by atoms with Crippen LogP contribution >= 0.6 is 90.4 Å². The van der Waals surface area contributed by atoms with Gasteiger partial charge in [0.25, 0.3) is 0 Å². The van der Waals surface area contributed by atoms with Crippen molar-refractivity contribution in [1.29, 1.82) is 0 Å². The molecule has 0 radical (unpaired) electrons. The molecule has 86 valence electrons. The van der Waals surface area contributed by atoms with Crippen molar-refractivity contribution in [2.75, 3.05) is 0 Å². The third-order valence-electron chi connectivity index (χ3n) is 1.68. The fourth-order valence-electron chi connectivity index (χ4n) is 1.02. The van der Waals surface area contributed by atoms with Gasteiger partial charge in [0, 0.05) is 25.4 Å². The number of benzene rings is 1. The number of aromatic carboxylic acids is 2. The second-order valence-electron chi connectivity index (χ2n) is 2.58. The van der Waals surface area contributed by atoms with Crippen molar-refractivity contribution in [3.63, 3.8) is 0 Å². The van der Waals surface area contributed by atoms with Gasteiger partial charge in [-0.2, -0.15) is 0 Å². The summed E-state index contributed by atoms with van der Waals surface area (Å²) in [5.74, 6) is -3.01. The van der Waals surface area contributed by atoms with E-state index < -0.39 is 11.9 Å². The molecule has 1 aromatic rings. The van der Waals surface area contributed by atoms with Crippen molar-refractivity contribution in [1.82, 2.24) is 0 Å². The molecule has 4 nitrogen and oxygen atoms in total. The summed E-state index contributed by atoms with van der Waals surface area (Å²) in [5.41, 5.74) is -0.621. The molecule has 0 N–H and O–H groups in total. The Balaban J connectivity index is 3.83. The van der Waals surface area contributed by atoms with E-state index in [-0.39, 0.29) is 11.1 Å². The number of carbonyl (C=O) groups is 2. The van der Waals surface area contributed by atoms with E-state index in [0.29, 0.717) is 14.3 Å². The topological polar surface area (TPSA) is 80.3 Å². The maximum Gasteiger partial charge on any atom is 0.0733 e. The molecule has 0 amide bonds. The van der Waals surface area contributed by atoms with Crippen LogP contribution in [0, 0.1) is 14.3 Å². The van der Waals surface area contributed by atoms with Gasteiger partial charge in [-0.05, 0) is 90.4 Å². The number of carbonyl (C=O) groups excluding carboxylic acids is 2. The molecule has 0 saturated carbocycles. The fourth-order valence-corrected chi connectivity index (χ4v) is 4.64. The van der Waals surface area contributed by atoms with Crippen LogP contribution in [0.5, 0.6) is 0 Å². The van der Waals surface area contributed by atoms with E-state index in [2.05, 4.69) is 0 Å². The summed E-state index contributed by atoms with van der Waals surface area (Å²) >= 11 is 7.53. The summed E-state index contributed by atoms with van der Waals surface area (Å²) in [6, 6.07) is 0. The van der Waals surface area contributed by atoms with Crippen LogP contribution in [0.4, 0.5) is 0 Å². The number of carboxylic acids is 2. The zero-order valence-corrected chi connectivity index (χ0v) is 15.8. The van der Waals surface area contributed by atoms with Gasteiger partial charge in [-0.15, -0.1) is 0 Å². The Morgan fingerprint density at radius 2 is 0.938 bits per heavy atom. The number of hydrogen-bond acceptors (Lipinski definition) is 4. The fraction of sp³-hybridized carbons (Fsp3) is 0. The molecule has 0 saturated heterocycles. The van der Waals surface area contributed by atoms with Crippen molar-refractivity contribution in [3.05, 3.63) is 25.4 Å². The first kappa shape index (κ1) is 15.1. The van der Waals surface area contributed by atoms with E-state index in [1.165, 1.54) is 0 Å². The van der Waals surface area contributed by atoms with Crippen LogP contribution in [0.15, 0.2) is 0 Å². The molecule has 0 spiro atoms. The molecule has 0 aliphatic heterocycles. The predicted molar refractivity (Wildman–Crippen MR) is 86.0 cm³/mol. The van der Waals surface area contributed by atoms with Crippen LogP contribution in [0.2, 0.25) is 0 Å². The number of rotatable bonds is 2. The van der Waals surface area contributed by atoms with Gasteiger partial charge in [0.1, 0.15) is 0 Å². The van der Waals surface area contributed by atoms with Crippen molar-refractivity contribution < 1.29 is 19.8 Å². The zero-order chi connectivity index (χ0) is 12.6. The first-order valence-corrected chi connectivity index (χ1v) is 7.89. The van der Waals surface area contributed by atoms with Crippen LogP contribution in [-0.2, 0) is 0 Å². The molecule has 0 aliphatic rings. The quantitative estimate of drug-likeness (QED) is 0.266. The van der Waals surface area contributed by atoms with Gasteiger partial charge in [0.2, 0.25) is 0 Å². The molecule has 1 rings (SSSR count). The summed E-state index contributed by atoms with van der Waals surface area (Å²) in [6.45, 7) is 0. The van der Waals surface area contributed by atoms with Crippen LogP contribution in [-0.4, -0.2) is 11.9 Å². The van der Waals surface area contributed by atoms with Crippen LogP contribution in [0.1, 0.15) is 20.7 Å². The van der Waals surface area contributed by atoms with E-state index in [1.807, 2.05) is 45.2 Å². The molecular weight excluding hydrogens is 668 g/mol. The molecule has 1 aromatic carbocycles. The summed E-state index contributed by atoms with van der Waals surface area (Å²) in [6.07, 6.45) is 0. The van der Waals surface area contributed by atoms with E-state index in [4.69, 9.17) is 0 Å². The second kappa shape index (κ2) is 5.81. The molecular formula is C8I4O4-2. The van der Waals surface area contributed by atoms with Crippen LogP contribution in [0.3, 0.4) is 0 Å². The molecule has 0 atom stereocenters. The first-order valence-electron chi connectivity index (χ1n) is 3.57. The molecule has 0 unspecified atom stereocenters. The Labute approximate surface area is 145 Å². The van der Waals surface area contributed by atoms with Gasteiger partial charge in [-0.3, -0.25) is 0 Å². The average Bonchev–Trinajstić information content (AvgIpc) is 2.18. The number of hydrogen-bond donors (Lipinski definition) is 0. The summed E-state index contributed by atoms with van der Waals surface area (Å²) in [4.78, 5) is 21.9. The van der Waals surface area contributed by atoms with Gasteiger partial charge < -0.3 is 19.8 Å². The highest BCUT2D eigenvalue weighted by molar-refractivity contribution is 14.1. The normalized spacial score (nSPS) is 10.2. The van der Waals surface area contributed by atoms with Crippen molar-refractivity contribution >= 4 is 102 Å². The zero-order valence-electron chi connectivity index (χ0n) is 7.14. The highest BCUT2D eigenvalue weighted by Gasteiger charge is 2.20. The van der Waals surface area contributed by atoms with E-state index in [1.54, 1.807) is 45.2 Å². The largest absolute Gasteiger partial charge is 0.545 e. The van der Waals surface area contributed by atoms with Crippen molar-refractivity contribution in [2.24, 2.45) is 0 Å². The molecule has 0 aromatic heterocycles. The maximum atomic E-state index is 10.9. The van der Waals surface area contributed by atoms with E-state index in [0.717, 1.165) is 0 Å². The minimum absolute atomic E-state index is 0.310. The van der Waals surface area contributed by atoms with Gasteiger partial charge in [0.05, 0.1) is 11.9 Å². The number of carboxylic acid groups (broad SMARTS) is 2. The summed E-state index contributed by atoms with van der Waals surface area (Å²) in [5, 5.41) is 21.9. The van der Waals surface area contributed by atoms with E-state index >= 15 is 0 Å². The van der Waals surface area contributed by atoms with Crippen LogP contribution < -0.4 is 10.2 Å². The Kier molecular flexibility index (Phi) is 5.50. The SMILES string of the molecule is O=C([O-])c1c(I)c(I)c(I)c(I)c1C(=O)[O-]. The van der Waals surface area contributed by atoms with Crippen molar-refractivity contribution in [2.45, 2.75) is 0 Å². The van der Waals surface area contributed by atoms with Crippen molar-refractivity contribution in [3.8, 4) is 0 Å². The molecule has 0 bridgehead atoms. The molecule has 0 fully saturated rings. The molecule has 8 heteroatoms. The lowest BCUT2D eigenvalue weighted by molar-refractivity contribution is -0.259. The first-order chi connectivity index (χ1) is 7.29. The Morgan fingerprint density at radius 3 is 1.12 bits per heavy atom. The maximum absolute atomic E-state index is 10.9. The van der Waals surface area contributed by atoms with E-state index in [9.17, 15) is 19.8 Å². The highest BCUT2D eigenvalue weighted by Crippen LogP contribution is 2.32. The third-order valence-corrected chi connectivity index (χ3v) is 9.09. The Morgan fingerprint density at radius 1 is 0.688 bits per heavy atom. The predicted octanol–water partition coefficient (Wildman–Crippen LogP) is 0.832. The van der Waals surface area contributed by atoms with Gasteiger partial charge >= 0.3 is 0 Å². The lowest BCUT2D eigenvalue weighted by Crippen LogP contribution is -2.32. The molecule has 16 heavy (non-hydrogen) atoms. The lowest BCUT2D eigenvalue weighted by Gasteiger charge is -2.18. The number of halogens is 4. The smallest absolute Gasteiger partial charge is 0.0733 e. The van der Waals surface area contributed by atoms with Gasteiger partial charge in [-0.1, -0.05) is 0 Å². The summed E-state index contributed by atoms with van der Waals surface area (Å²) in [7, 11) is 0. The minimum atomic E-state index is -1.50. The Hall–Kier alpha value is 1.08. The Bertz CT molecular complexity index is 453.